The van der Waals surface area contributed by atoms with Crippen molar-refractivity contribution in [3.05, 3.63) is 29.3 Å². The van der Waals surface area contributed by atoms with Gasteiger partial charge in [-0.3, -0.25) is 4.90 Å². The third kappa shape index (κ3) is 3.45. The van der Waals surface area contributed by atoms with Crippen LogP contribution in [0.2, 0.25) is 0 Å². The molecule has 1 aromatic rings. The fraction of sp³-hybridized carbons (Fsp3) is 0.571. The summed E-state index contributed by atoms with van der Waals surface area (Å²) in [4.78, 5) is 2.31. The van der Waals surface area contributed by atoms with Crippen LogP contribution in [0.1, 0.15) is 18.1 Å². The minimum atomic E-state index is 0.804. The van der Waals surface area contributed by atoms with Crippen molar-refractivity contribution in [2.45, 2.75) is 19.9 Å². The van der Waals surface area contributed by atoms with Crippen LogP contribution < -0.4 is 5.32 Å². The molecule has 0 saturated carbocycles. The Morgan fingerprint density at radius 1 is 1.41 bits per heavy atom. The summed E-state index contributed by atoms with van der Waals surface area (Å²) < 4.78 is 5.36. The van der Waals surface area contributed by atoms with E-state index in [2.05, 4.69) is 35.5 Å². The average molecular weight is 234 g/mol. The summed E-state index contributed by atoms with van der Waals surface area (Å²) in [5.41, 5.74) is 4.16. The number of likely N-dealkylation sites (N-methyl/N-ethyl adjacent to an activating group) is 1. The van der Waals surface area contributed by atoms with Crippen LogP contribution in [-0.2, 0) is 17.7 Å². The molecular formula is C14H22N2O. The van der Waals surface area contributed by atoms with E-state index in [-0.39, 0.29) is 0 Å². The van der Waals surface area contributed by atoms with Crippen molar-refractivity contribution >= 4 is 5.69 Å². The molecule has 1 aliphatic heterocycles. The minimum Gasteiger partial charge on any atom is -0.384 e. The maximum atomic E-state index is 5.36. The lowest BCUT2D eigenvalue weighted by atomic mass is 10.1. The zero-order valence-corrected chi connectivity index (χ0v) is 10.8. The smallest absolute Gasteiger partial charge is 0.0593 e. The molecule has 1 aliphatic rings. The Kier molecular flexibility index (Phi) is 4.40. The first kappa shape index (κ1) is 12.4. The summed E-state index contributed by atoms with van der Waals surface area (Å²) in [7, 11) is 2.14. The monoisotopic (exact) mass is 234 g/mol. The zero-order chi connectivity index (χ0) is 12.1. The topological polar surface area (TPSA) is 24.5 Å². The largest absolute Gasteiger partial charge is 0.384 e. The number of hydrogen-bond acceptors (Lipinski definition) is 3. The molecule has 0 unspecified atom stereocenters. The molecule has 3 nitrogen and oxygen atoms in total. The molecule has 0 aromatic heterocycles. The van der Waals surface area contributed by atoms with Crippen molar-refractivity contribution < 1.29 is 4.74 Å². The SMILES string of the molecule is CCOCCN(C)Cc1ccc2c(c1)CCN2. The number of fused-ring (bicyclic) bond motifs is 1. The first-order chi connectivity index (χ1) is 8.29. The van der Waals surface area contributed by atoms with E-state index in [0.717, 1.165) is 39.3 Å². The zero-order valence-electron chi connectivity index (χ0n) is 10.8. The molecule has 0 atom stereocenters. The van der Waals surface area contributed by atoms with E-state index in [4.69, 9.17) is 4.74 Å². The van der Waals surface area contributed by atoms with Crippen LogP contribution in [0.25, 0.3) is 0 Å². The van der Waals surface area contributed by atoms with Crippen molar-refractivity contribution in [3.63, 3.8) is 0 Å². The predicted octanol–water partition coefficient (Wildman–Crippen LogP) is 2.12. The van der Waals surface area contributed by atoms with Gasteiger partial charge in [0, 0.05) is 31.9 Å². The summed E-state index contributed by atoms with van der Waals surface area (Å²) in [6, 6.07) is 6.74. The van der Waals surface area contributed by atoms with Gasteiger partial charge in [0.15, 0.2) is 0 Å². The molecule has 1 aromatic carbocycles. The van der Waals surface area contributed by atoms with E-state index in [1.165, 1.54) is 16.8 Å². The Bertz CT molecular complexity index is 365. The fourth-order valence-electron chi connectivity index (χ4n) is 2.21. The highest BCUT2D eigenvalue weighted by Gasteiger charge is 2.10. The van der Waals surface area contributed by atoms with E-state index in [1.54, 1.807) is 0 Å². The normalized spacial score (nSPS) is 13.8. The van der Waals surface area contributed by atoms with Crippen LogP contribution in [0.4, 0.5) is 5.69 Å². The van der Waals surface area contributed by atoms with Gasteiger partial charge in [-0.2, -0.15) is 0 Å². The Morgan fingerprint density at radius 2 is 2.29 bits per heavy atom. The van der Waals surface area contributed by atoms with Gasteiger partial charge < -0.3 is 10.1 Å². The van der Waals surface area contributed by atoms with Gasteiger partial charge in [-0.1, -0.05) is 12.1 Å². The molecule has 0 amide bonds. The van der Waals surface area contributed by atoms with Crippen molar-refractivity contribution in [3.8, 4) is 0 Å². The summed E-state index contributed by atoms with van der Waals surface area (Å²) >= 11 is 0. The third-order valence-electron chi connectivity index (χ3n) is 3.15. The molecule has 3 heteroatoms. The highest BCUT2D eigenvalue weighted by Crippen LogP contribution is 2.23. The summed E-state index contributed by atoms with van der Waals surface area (Å²) in [5, 5.41) is 3.39. The summed E-state index contributed by atoms with van der Waals surface area (Å²) in [5.74, 6) is 0. The summed E-state index contributed by atoms with van der Waals surface area (Å²) in [6.07, 6.45) is 1.16. The predicted molar refractivity (Wildman–Crippen MR) is 71.5 cm³/mol. The van der Waals surface area contributed by atoms with E-state index in [1.807, 2.05) is 6.92 Å². The molecule has 0 spiro atoms. The van der Waals surface area contributed by atoms with Gasteiger partial charge in [-0.15, -0.1) is 0 Å². The molecule has 94 valence electrons. The fourth-order valence-corrected chi connectivity index (χ4v) is 2.21. The maximum absolute atomic E-state index is 5.36. The van der Waals surface area contributed by atoms with E-state index in [9.17, 15) is 0 Å². The molecule has 1 N–H and O–H groups in total. The van der Waals surface area contributed by atoms with Crippen molar-refractivity contribution in [2.24, 2.45) is 0 Å². The Hall–Kier alpha value is -1.06. The van der Waals surface area contributed by atoms with E-state index in [0.29, 0.717) is 0 Å². The number of benzene rings is 1. The maximum Gasteiger partial charge on any atom is 0.0593 e. The van der Waals surface area contributed by atoms with Crippen LogP contribution in [-0.4, -0.2) is 38.3 Å². The van der Waals surface area contributed by atoms with Crippen LogP contribution in [0, 0.1) is 0 Å². The number of anilines is 1. The van der Waals surface area contributed by atoms with Gasteiger partial charge in [0.05, 0.1) is 6.61 Å². The highest BCUT2D eigenvalue weighted by molar-refractivity contribution is 5.56. The third-order valence-corrected chi connectivity index (χ3v) is 3.15. The molecule has 0 aliphatic carbocycles. The first-order valence-electron chi connectivity index (χ1n) is 6.41. The highest BCUT2D eigenvalue weighted by atomic mass is 16.5. The number of nitrogens with zero attached hydrogens (tertiary/aromatic N) is 1. The van der Waals surface area contributed by atoms with E-state index >= 15 is 0 Å². The lowest BCUT2D eigenvalue weighted by Crippen LogP contribution is -2.22. The lowest BCUT2D eigenvalue weighted by molar-refractivity contribution is 0.120. The first-order valence-corrected chi connectivity index (χ1v) is 6.41. The van der Waals surface area contributed by atoms with Gasteiger partial charge in [0.2, 0.25) is 0 Å². The molecule has 2 rings (SSSR count). The Labute approximate surface area is 104 Å². The van der Waals surface area contributed by atoms with Gasteiger partial charge in [-0.25, -0.2) is 0 Å². The lowest BCUT2D eigenvalue weighted by Gasteiger charge is -2.17. The van der Waals surface area contributed by atoms with E-state index < -0.39 is 0 Å². The van der Waals surface area contributed by atoms with Crippen LogP contribution in [0.5, 0.6) is 0 Å². The quantitative estimate of drug-likeness (QED) is 0.763. The molecule has 0 bridgehead atoms. The van der Waals surface area contributed by atoms with Gasteiger partial charge in [0.25, 0.3) is 0 Å². The Balaban J connectivity index is 1.86. The molecule has 17 heavy (non-hydrogen) atoms. The van der Waals surface area contributed by atoms with Crippen LogP contribution in [0.3, 0.4) is 0 Å². The minimum absolute atomic E-state index is 0.804. The molecular weight excluding hydrogens is 212 g/mol. The molecule has 0 radical (unpaired) electrons. The second-order valence-corrected chi connectivity index (χ2v) is 4.60. The van der Waals surface area contributed by atoms with Crippen LogP contribution in [0.15, 0.2) is 18.2 Å². The molecule has 0 fully saturated rings. The van der Waals surface area contributed by atoms with Crippen LogP contribution >= 0.6 is 0 Å². The number of nitrogens with one attached hydrogen (secondary N) is 1. The number of ether oxygens (including phenoxy) is 1. The van der Waals surface area contributed by atoms with Gasteiger partial charge in [-0.05, 0) is 37.6 Å². The molecule has 1 heterocycles. The van der Waals surface area contributed by atoms with Crippen molar-refractivity contribution in [1.82, 2.24) is 4.90 Å². The number of hydrogen-bond donors (Lipinski definition) is 1. The summed E-state index contributed by atoms with van der Waals surface area (Å²) in [6.45, 7) is 6.73. The van der Waals surface area contributed by atoms with Gasteiger partial charge >= 0.3 is 0 Å². The van der Waals surface area contributed by atoms with Gasteiger partial charge in [0.1, 0.15) is 0 Å². The number of rotatable bonds is 6. The molecule has 0 saturated heterocycles. The standard InChI is InChI=1S/C14H22N2O/c1-3-17-9-8-16(2)11-12-4-5-14-13(10-12)6-7-15-14/h4-5,10,15H,3,6-9,11H2,1-2H3. The second-order valence-electron chi connectivity index (χ2n) is 4.60. The van der Waals surface area contributed by atoms with Crippen molar-refractivity contribution in [1.29, 1.82) is 0 Å². The van der Waals surface area contributed by atoms with Crippen molar-refractivity contribution in [2.75, 3.05) is 38.7 Å². The Morgan fingerprint density at radius 3 is 3.12 bits per heavy atom. The average Bonchev–Trinajstić information content (AvgIpc) is 2.76. The second kappa shape index (κ2) is 6.03.